The van der Waals surface area contributed by atoms with Crippen molar-refractivity contribution >= 4 is 38.2 Å². The van der Waals surface area contributed by atoms with E-state index in [2.05, 4.69) is 21.0 Å². The van der Waals surface area contributed by atoms with Crippen molar-refractivity contribution in [3.05, 3.63) is 24.4 Å². The van der Waals surface area contributed by atoms with Crippen molar-refractivity contribution in [3.63, 3.8) is 0 Å². The second kappa shape index (κ2) is 4.11. The summed E-state index contributed by atoms with van der Waals surface area (Å²) in [6.45, 7) is 1.44. The zero-order chi connectivity index (χ0) is 13.7. The Labute approximate surface area is 119 Å². The number of aryl methyl sites for hydroxylation is 1. The minimum Gasteiger partial charge on any atom is -0.489 e. The van der Waals surface area contributed by atoms with E-state index in [4.69, 9.17) is 10.5 Å². The molecule has 0 aliphatic carbocycles. The molecule has 0 unspecified atom stereocenters. The zero-order valence-corrected chi connectivity index (χ0v) is 11.7. The van der Waals surface area contributed by atoms with E-state index in [0.29, 0.717) is 11.7 Å². The van der Waals surface area contributed by atoms with Gasteiger partial charge >= 0.3 is 0 Å². The highest BCUT2D eigenvalue weighted by molar-refractivity contribution is 7.22. The van der Waals surface area contributed by atoms with Gasteiger partial charge in [0.05, 0.1) is 28.6 Å². The lowest BCUT2D eigenvalue weighted by atomic mass is 10.2. The number of aromatic nitrogens is 3. The van der Waals surface area contributed by atoms with Gasteiger partial charge in [0.2, 0.25) is 0 Å². The molecule has 2 aromatic heterocycles. The third-order valence-electron chi connectivity index (χ3n) is 3.42. The first-order valence-electron chi connectivity index (χ1n) is 6.31. The molecule has 0 fully saturated rings. The van der Waals surface area contributed by atoms with E-state index in [0.717, 1.165) is 34.0 Å². The molecule has 7 heteroatoms. The highest BCUT2D eigenvalue weighted by atomic mass is 32.1. The molecule has 0 bridgehead atoms. The summed E-state index contributed by atoms with van der Waals surface area (Å²) in [5.74, 6) is 1.89. The van der Waals surface area contributed by atoms with Crippen LogP contribution in [0, 0.1) is 0 Å². The van der Waals surface area contributed by atoms with Crippen LogP contribution in [0.2, 0.25) is 0 Å². The topological polar surface area (TPSA) is 69.2 Å². The number of nitrogens with two attached hydrogens (primary N) is 1. The summed E-state index contributed by atoms with van der Waals surface area (Å²) in [5.41, 5.74) is 7.71. The number of nitrogen functional groups attached to an aromatic ring is 1. The molecule has 1 aliphatic rings. The average Bonchev–Trinajstić information content (AvgIpc) is 2.99. The van der Waals surface area contributed by atoms with Gasteiger partial charge in [-0.1, -0.05) is 11.3 Å². The fourth-order valence-electron chi connectivity index (χ4n) is 2.53. The largest absolute Gasteiger partial charge is 0.489 e. The van der Waals surface area contributed by atoms with E-state index in [-0.39, 0.29) is 0 Å². The van der Waals surface area contributed by atoms with Crippen molar-refractivity contribution in [1.29, 1.82) is 0 Å². The van der Waals surface area contributed by atoms with Crippen molar-refractivity contribution in [2.75, 3.05) is 23.8 Å². The van der Waals surface area contributed by atoms with Crippen LogP contribution in [-0.2, 0) is 7.05 Å². The third kappa shape index (κ3) is 1.63. The molecule has 0 radical (unpaired) electrons. The third-order valence-corrected chi connectivity index (χ3v) is 4.27. The average molecular weight is 287 g/mol. The van der Waals surface area contributed by atoms with E-state index < -0.39 is 0 Å². The van der Waals surface area contributed by atoms with E-state index in [1.165, 1.54) is 11.3 Å². The Morgan fingerprint density at radius 3 is 3.10 bits per heavy atom. The van der Waals surface area contributed by atoms with Gasteiger partial charge < -0.3 is 15.4 Å². The molecule has 20 heavy (non-hydrogen) atoms. The Morgan fingerprint density at radius 1 is 1.40 bits per heavy atom. The monoisotopic (exact) mass is 287 g/mol. The van der Waals surface area contributed by atoms with Gasteiger partial charge in [-0.25, -0.2) is 4.98 Å². The first kappa shape index (κ1) is 11.5. The standard InChI is InChI=1S/C13H13N5OS/c1-17-12(2-3-15-17)18-4-5-19-10-6-8-11(7-9(10)18)20-13(14)16-8/h2-3,6-7H,4-5H2,1H3,(H2,14,16). The Balaban J connectivity index is 1.91. The van der Waals surface area contributed by atoms with Crippen molar-refractivity contribution in [2.45, 2.75) is 0 Å². The van der Waals surface area contributed by atoms with Gasteiger partial charge in [-0.05, 0) is 6.07 Å². The van der Waals surface area contributed by atoms with Crippen LogP contribution >= 0.6 is 11.3 Å². The number of nitrogens with zero attached hydrogens (tertiary/aromatic N) is 4. The lowest BCUT2D eigenvalue weighted by molar-refractivity contribution is 0.313. The van der Waals surface area contributed by atoms with Gasteiger partial charge in [-0.15, -0.1) is 0 Å². The molecule has 1 aromatic carbocycles. The Kier molecular flexibility index (Phi) is 2.37. The molecule has 6 nitrogen and oxygen atoms in total. The van der Waals surface area contributed by atoms with Crippen LogP contribution in [0.15, 0.2) is 24.4 Å². The molecule has 0 spiro atoms. The van der Waals surface area contributed by atoms with Crippen LogP contribution in [0.4, 0.5) is 16.6 Å². The number of rotatable bonds is 1. The number of fused-ring (bicyclic) bond motifs is 2. The van der Waals surface area contributed by atoms with Crippen molar-refractivity contribution < 1.29 is 4.74 Å². The molecule has 3 heterocycles. The number of thiazole rings is 1. The molecule has 0 amide bonds. The quantitative estimate of drug-likeness (QED) is 0.742. The van der Waals surface area contributed by atoms with Gasteiger partial charge in [0.15, 0.2) is 5.13 Å². The minimum absolute atomic E-state index is 0.578. The van der Waals surface area contributed by atoms with Crippen LogP contribution in [0.25, 0.3) is 10.2 Å². The maximum atomic E-state index is 5.78. The van der Waals surface area contributed by atoms with E-state index >= 15 is 0 Å². The predicted octanol–water partition coefficient (Wildman–Crippen LogP) is 2.14. The van der Waals surface area contributed by atoms with Crippen LogP contribution in [0.5, 0.6) is 5.75 Å². The molecular formula is C13H13N5OS. The summed E-state index contributed by atoms with van der Waals surface area (Å²) in [7, 11) is 1.94. The molecule has 2 N–H and O–H groups in total. The number of hydrogen-bond donors (Lipinski definition) is 1. The summed E-state index contributed by atoms with van der Waals surface area (Å²) in [5, 5.41) is 4.81. The lowest BCUT2D eigenvalue weighted by Gasteiger charge is -2.30. The van der Waals surface area contributed by atoms with E-state index in [1.807, 2.05) is 23.9 Å². The molecule has 3 aromatic rings. The molecule has 4 rings (SSSR count). The zero-order valence-electron chi connectivity index (χ0n) is 10.9. The van der Waals surface area contributed by atoms with E-state index in [9.17, 15) is 0 Å². The lowest BCUT2D eigenvalue weighted by Crippen LogP contribution is -2.29. The highest BCUT2D eigenvalue weighted by Crippen LogP contribution is 2.40. The molecule has 1 aliphatic heterocycles. The Hall–Kier alpha value is -2.28. The first-order chi connectivity index (χ1) is 9.72. The Bertz CT molecular complexity index is 793. The summed E-state index contributed by atoms with van der Waals surface area (Å²) < 4.78 is 8.69. The summed E-state index contributed by atoms with van der Waals surface area (Å²) in [4.78, 5) is 6.52. The number of ether oxygens (including phenoxy) is 1. The van der Waals surface area contributed by atoms with Gasteiger partial charge in [-0.3, -0.25) is 4.68 Å². The van der Waals surface area contributed by atoms with Gasteiger partial charge in [0, 0.05) is 19.2 Å². The minimum atomic E-state index is 0.578. The smallest absolute Gasteiger partial charge is 0.181 e. The number of anilines is 3. The molecule has 0 atom stereocenters. The fraction of sp³-hybridized carbons (Fsp3) is 0.231. The normalized spacial score (nSPS) is 14.3. The molecule has 0 saturated heterocycles. The fourth-order valence-corrected chi connectivity index (χ4v) is 3.27. The van der Waals surface area contributed by atoms with Gasteiger partial charge in [0.25, 0.3) is 0 Å². The molecule has 0 saturated carbocycles. The summed E-state index contributed by atoms with van der Waals surface area (Å²) in [6.07, 6.45) is 1.80. The van der Waals surface area contributed by atoms with Crippen LogP contribution < -0.4 is 15.4 Å². The summed E-state index contributed by atoms with van der Waals surface area (Å²) >= 11 is 1.49. The number of hydrogen-bond acceptors (Lipinski definition) is 6. The van der Waals surface area contributed by atoms with E-state index in [1.54, 1.807) is 6.20 Å². The first-order valence-corrected chi connectivity index (χ1v) is 7.12. The molecule has 102 valence electrons. The van der Waals surface area contributed by atoms with Gasteiger partial charge in [-0.2, -0.15) is 5.10 Å². The maximum Gasteiger partial charge on any atom is 0.181 e. The summed E-state index contributed by atoms with van der Waals surface area (Å²) in [6, 6.07) is 6.05. The van der Waals surface area contributed by atoms with Crippen molar-refractivity contribution in [1.82, 2.24) is 14.8 Å². The molecular weight excluding hydrogens is 274 g/mol. The Morgan fingerprint density at radius 2 is 2.30 bits per heavy atom. The van der Waals surface area contributed by atoms with Gasteiger partial charge in [0.1, 0.15) is 18.2 Å². The number of benzene rings is 1. The maximum absolute atomic E-state index is 5.78. The second-order valence-electron chi connectivity index (χ2n) is 4.65. The van der Waals surface area contributed by atoms with Crippen molar-refractivity contribution in [2.24, 2.45) is 7.05 Å². The second-order valence-corrected chi connectivity index (χ2v) is 5.72. The van der Waals surface area contributed by atoms with Crippen LogP contribution in [0.3, 0.4) is 0 Å². The SMILES string of the molecule is Cn1nccc1N1CCOc2cc3nc(N)sc3cc21. The van der Waals surface area contributed by atoms with Crippen molar-refractivity contribution in [3.8, 4) is 5.75 Å². The highest BCUT2D eigenvalue weighted by Gasteiger charge is 2.23. The van der Waals surface area contributed by atoms with Crippen LogP contribution in [-0.4, -0.2) is 27.9 Å². The van der Waals surface area contributed by atoms with Crippen LogP contribution in [0.1, 0.15) is 0 Å². The predicted molar refractivity (Wildman–Crippen MR) is 79.7 cm³/mol.